The topological polar surface area (TPSA) is 164 Å². The van der Waals surface area contributed by atoms with Crippen LogP contribution in [0.1, 0.15) is 25.1 Å². The molecule has 0 spiro atoms. The predicted molar refractivity (Wildman–Crippen MR) is 127 cm³/mol. The smallest absolute Gasteiger partial charge is 0.272 e. The zero-order valence-electron chi connectivity index (χ0n) is 18.9. The van der Waals surface area contributed by atoms with E-state index in [1.165, 1.54) is 12.1 Å². The van der Waals surface area contributed by atoms with Gasteiger partial charge in [0.25, 0.3) is 5.56 Å². The van der Waals surface area contributed by atoms with Crippen molar-refractivity contribution in [3.8, 4) is 0 Å². The molecule has 1 heterocycles. The molecule has 0 fully saturated rings. The van der Waals surface area contributed by atoms with Gasteiger partial charge in [0.2, 0.25) is 21.8 Å². The van der Waals surface area contributed by atoms with E-state index < -0.39 is 22.0 Å². The first-order chi connectivity index (χ1) is 16.1. The minimum Gasteiger partial charge on any atom is -0.354 e. The van der Waals surface area contributed by atoms with Gasteiger partial charge in [-0.2, -0.15) is 5.10 Å². The SMILES string of the molecule is CC(C)C(NC(=O)Cc1n[nH]c(=O)c2ccccc12)C(=O)NCCc1ccc(S(N)(=O)=O)cc1. The number of rotatable bonds is 9. The van der Waals surface area contributed by atoms with Crippen LogP contribution in [-0.2, 0) is 32.5 Å². The van der Waals surface area contributed by atoms with Crippen LogP contribution in [0.3, 0.4) is 0 Å². The molecule has 34 heavy (non-hydrogen) atoms. The lowest BCUT2D eigenvalue weighted by Crippen LogP contribution is -2.50. The van der Waals surface area contributed by atoms with E-state index in [1.54, 1.807) is 36.4 Å². The molecule has 11 heteroatoms. The Morgan fingerprint density at radius 1 is 1.06 bits per heavy atom. The molecule has 10 nitrogen and oxygen atoms in total. The summed E-state index contributed by atoms with van der Waals surface area (Å²) in [5, 5.41) is 18.1. The van der Waals surface area contributed by atoms with E-state index in [1.807, 2.05) is 13.8 Å². The van der Waals surface area contributed by atoms with Gasteiger partial charge in [-0.1, -0.05) is 44.2 Å². The van der Waals surface area contributed by atoms with Crippen molar-refractivity contribution in [3.63, 3.8) is 0 Å². The van der Waals surface area contributed by atoms with Crippen molar-refractivity contribution in [3.05, 3.63) is 70.1 Å². The number of aromatic amines is 1. The van der Waals surface area contributed by atoms with Crippen molar-refractivity contribution in [1.82, 2.24) is 20.8 Å². The van der Waals surface area contributed by atoms with E-state index in [9.17, 15) is 22.8 Å². The molecule has 0 bridgehead atoms. The molecular formula is C23H27N5O5S. The Hall–Kier alpha value is -3.57. The van der Waals surface area contributed by atoms with E-state index in [0.29, 0.717) is 29.4 Å². The number of sulfonamides is 1. The fourth-order valence-corrected chi connectivity index (χ4v) is 4.02. The van der Waals surface area contributed by atoms with Crippen molar-refractivity contribution in [2.45, 2.75) is 37.6 Å². The molecule has 0 radical (unpaired) electrons. The highest BCUT2D eigenvalue weighted by atomic mass is 32.2. The molecule has 2 amide bonds. The molecule has 0 saturated heterocycles. The number of benzene rings is 2. The molecule has 0 aliphatic rings. The highest BCUT2D eigenvalue weighted by Crippen LogP contribution is 2.13. The standard InChI is InChI=1S/C23H27N5O5S/c1-14(2)21(23(31)25-12-11-15-7-9-16(10-8-15)34(24,32)33)26-20(29)13-19-17-5-3-4-6-18(17)22(30)28-27-19/h3-10,14,21H,11-13H2,1-2H3,(H,25,31)(H,26,29)(H,28,30)(H2,24,32,33). The van der Waals surface area contributed by atoms with E-state index in [-0.39, 0.29) is 28.7 Å². The summed E-state index contributed by atoms with van der Waals surface area (Å²) < 4.78 is 22.7. The summed E-state index contributed by atoms with van der Waals surface area (Å²) >= 11 is 0. The quantitative estimate of drug-likeness (QED) is 0.347. The Morgan fingerprint density at radius 2 is 1.71 bits per heavy atom. The number of carbonyl (C=O) groups excluding carboxylic acids is 2. The second kappa shape index (κ2) is 10.6. The third kappa shape index (κ3) is 6.27. The molecule has 3 aromatic rings. The summed E-state index contributed by atoms with van der Waals surface area (Å²) in [7, 11) is -3.75. The number of primary sulfonamides is 1. The molecule has 2 aromatic carbocycles. The van der Waals surface area contributed by atoms with Crippen LogP contribution in [0, 0.1) is 5.92 Å². The zero-order chi connectivity index (χ0) is 24.9. The maximum atomic E-state index is 12.7. The number of fused-ring (bicyclic) bond motifs is 1. The lowest BCUT2D eigenvalue weighted by molar-refractivity contribution is -0.129. The normalized spacial score (nSPS) is 12.5. The van der Waals surface area contributed by atoms with Crippen LogP contribution in [-0.4, -0.2) is 43.0 Å². The van der Waals surface area contributed by atoms with Gasteiger partial charge in [0.15, 0.2) is 0 Å². The number of nitrogens with one attached hydrogen (secondary N) is 3. The van der Waals surface area contributed by atoms with Gasteiger partial charge in [0.1, 0.15) is 6.04 Å². The summed E-state index contributed by atoms with van der Waals surface area (Å²) in [5.41, 5.74) is 0.908. The minimum absolute atomic E-state index is 0.0210. The molecule has 1 atom stereocenters. The summed E-state index contributed by atoms with van der Waals surface area (Å²) in [4.78, 5) is 37.4. The van der Waals surface area contributed by atoms with Crippen LogP contribution in [0.4, 0.5) is 0 Å². The Kier molecular flexibility index (Phi) is 7.79. The van der Waals surface area contributed by atoms with Crippen molar-refractivity contribution >= 4 is 32.6 Å². The average molecular weight is 486 g/mol. The van der Waals surface area contributed by atoms with Gasteiger partial charge in [0, 0.05) is 11.9 Å². The summed E-state index contributed by atoms with van der Waals surface area (Å²) in [6, 6.07) is 12.2. The number of nitrogens with two attached hydrogens (primary N) is 1. The van der Waals surface area contributed by atoms with Crippen LogP contribution in [0.2, 0.25) is 0 Å². The first-order valence-corrected chi connectivity index (χ1v) is 12.3. The van der Waals surface area contributed by atoms with Gasteiger partial charge in [0.05, 0.1) is 22.4 Å². The van der Waals surface area contributed by atoms with Crippen molar-refractivity contribution < 1.29 is 18.0 Å². The lowest BCUT2D eigenvalue weighted by atomic mass is 10.0. The van der Waals surface area contributed by atoms with Gasteiger partial charge < -0.3 is 10.6 Å². The minimum atomic E-state index is -3.75. The van der Waals surface area contributed by atoms with Gasteiger partial charge in [-0.3, -0.25) is 14.4 Å². The van der Waals surface area contributed by atoms with Gasteiger partial charge >= 0.3 is 0 Å². The van der Waals surface area contributed by atoms with E-state index in [2.05, 4.69) is 20.8 Å². The molecule has 1 unspecified atom stereocenters. The predicted octanol–water partition coefficient (Wildman–Crippen LogP) is 0.613. The number of carbonyl (C=O) groups is 2. The lowest BCUT2D eigenvalue weighted by Gasteiger charge is -2.22. The van der Waals surface area contributed by atoms with Crippen molar-refractivity contribution in [2.75, 3.05) is 6.54 Å². The molecular weight excluding hydrogens is 458 g/mol. The molecule has 3 rings (SSSR count). The number of nitrogens with zero attached hydrogens (tertiary/aromatic N) is 1. The average Bonchev–Trinajstić information content (AvgIpc) is 2.79. The number of hydrogen-bond donors (Lipinski definition) is 4. The third-order valence-electron chi connectivity index (χ3n) is 5.33. The second-order valence-corrected chi connectivity index (χ2v) is 9.80. The monoisotopic (exact) mass is 485 g/mol. The maximum absolute atomic E-state index is 12.7. The fraction of sp³-hybridized carbons (Fsp3) is 0.304. The third-order valence-corrected chi connectivity index (χ3v) is 6.26. The highest BCUT2D eigenvalue weighted by Gasteiger charge is 2.24. The fourth-order valence-electron chi connectivity index (χ4n) is 3.50. The van der Waals surface area contributed by atoms with E-state index in [0.717, 1.165) is 5.56 Å². The van der Waals surface area contributed by atoms with Crippen molar-refractivity contribution in [2.24, 2.45) is 11.1 Å². The van der Waals surface area contributed by atoms with E-state index >= 15 is 0 Å². The Labute approximate surface area is 197 Å². The van der Waals surface area contributed by atoms with Crippen LogP contribution in [0.15, 0.2) is 58.2 Å². The number of H-pyrrole nitrogens is 1. The summed E-state index contributed by atoms with van der Waals surface area (Å²) in [5.74, 6) is -0.890. The Morgan fingerprint density at radius 3 is 2.32 bits per heavy atom. The highest BCUT2D eigenvalue weighted by molar-refractivity contribution is 7.89. The first kappa shape index (κ1) is 25.1. The van der Waals surface area contributed by atoms with Gasteiger partial charge in [-0.25, -0.2) is 18.7 Å². The maximum Gasteiger partial charge on any atom is 0.272 e. The van der Waals surface area contributed by atoms with Gasteiger partial charge in [-0.15, -0.1) is 0 Å². The van der Waals surface area contributed by atoms with Crippen LogP contribution in [0.25, 0.3) is 10.8 Å². The van der Waals surface area contributed by atoms with Gasteiger partial charge in [-0.05, 0) is 36.1 Å². The number of hydrogen-bond acceptors (Lipinski definition) is 6. The molecule has 5 N–H and O–H groups in total. The van der Waals surface area contributed by atoms with Crippen LogP contribution >= 0.6 is 0 Å². The number of amides is 2. The van der Waals surface area contributed by atoms with Crippen LogP contribution in [0.5, 0.6) is 0 Å². The molecule has 180 valence electrons. The largest absolute Gasteiger partial charge is 0.354 e. The summed E-state index contributed by atoms with van der Waals surface area (Å²) in [6.45, 7) is 3.95. The molecule has 1 aromatic heterocycles. The second-order valence-electron chi connectivity index (χ2n) is 8.24. The summed E-state index contributed by atoms with van der Waals surface area (Å²) in [6.07, 6.45) is 0.382. The Bertz CT molecular complexity index is 1350. The molecule has 0 saturated carbocycles. The Balaban J connectivity index is 1.59. The molecule has 0 aliphatic carbocycles. The zero-order valence-corrected chi connectivity index (χ0v) is 19.7. The number of aromatic nitrogens is 2. The first-order valence-electron chi connectivity index (χ1n) is 10.7. The van der Waals surface area contributed by atoms with E-state index in [4.69, 9.17) is 5.14 Å². The van der Waals surface area contributed by atoms with Crippen molar-refractivity contribution in [1.29, 1.82) is 0 Å². The van der Waals surface area contributed by atoms with Crippen LogP contribution < -0.4 is 21.3 Å². The molecule has 0 aliphatic heterocycles.